The number of piperidine rings is 1. The second-order valence-corrected chi connectivity index (χ2v) is 6.79. The van der Waals surface area contributed by atoms with Crippen molar-refractivity contribution in [1.29, 1.82) is 0 Å². The molecule has 1 N–H and O–H groups in total. The number of rotatable bonds is 5. The largest absolute Gasteiger partial charge is 0.573 e. The third-order valence-electron chi connectivity index (χ3n) is 4.82. The minimum Gasteiger partial charge on any atom is -0.478 e. The maximum Gasteiger partial charge on any atom is 0.573 e. The van der Waals surface area contributed by atoms with Gasteiger partial charge in [0.15, 0.2) is 0 Å². The van der Waals surface area contributed by atoms with Crippen LogP contribution >= 0.6 is 0 Å². The van der Waals surface area contributed by atoms with Gasteiger partial charge in [-0.3, -0.25) is 4.90 Å². The van der Waals surface area contributed by atoms with E-state index in [0.717, 1.165) is 11.6 Å². The van der Waals surface area contributed by atoms with Crippen LogP contribution in [0.4, 0.5) is 17.6 Å². The minimum atomic E-state index is -4.89. The summed E-state index contributed by atoms with van der Waals surface area (Å²) in [6.07, 6.45) is -4.85. The van der Waals surface area contributed by atoms with E-state index in [1.54, 1.807) is 18.2 Å². The number of nitrogens with zero attached hydrogens (tertiary/aromatic N) is 1. The van der Waals surface area contributed by atoms with E-state index in [1.165, 1.54) is 24.3 Å². The van der Waals surface area contributed by atoms with E-state index in [0.29, 0.717) is 19.6 Å². The van der Waals surface area contributed by atoms with Crippen molar-refractivity contribution in [3.05, 3.63) is 65.2 Å². The van der Waals surface area contributed by atoms with E-state index >= 15 is 4.39 Å². The number of hydrogen-bond donors (Lipinski definition) is 1. The number of para-hydroxylation sites is 1. The molecule has 1 aliphatic heterocycles. The lowest BCUT2D eigenvalue weighted by molar-refractivity contribution is -0.275. The maximum absolute atomic E-state index is 15.5. The molecular weight excluding hydrogens is 378 g/mol. The Hall–Kier alpha value is -2.61. The summed E-state index contributed by atoms with van der Waals surface area (Å²) in [5.41, 5.74) is -1.05. The smallest absolute Gasteiger partial charge is 0.478 e. The summed E-state index contributed by atoms with van der Waals surface area (Å²) in [6, 6.07) is 11.8. The first-order valence-electron chi connectivity index (χ1n) is 8.75. The van der Waals surface area contributed by atoms with Crippen molar-refractivity contribution < 1.29 is 32.2 Å². The van der Waals surface area contributed by atoms with Gasteiger partial charge in [-0.05, 0) is 36.6 Å². The molecule has 28 heavy (non-hydrogen) atoms. The highest BCUT2D eigenvalue weighted by Crippen LogP contribution is 2.43. The van der Waals surface area contributed by atoms with Gasteiger partial charge in [0, 0.05) is 25.2 Å². The Morgan fingerprint density at radius 2 is 1.79 bits per heavy atom. The van der Waals surface area contributed by atoms with Gasteiger partial charge in [-0.1, -0.05) is 30.3 Å². The number of alkyl halides is 4. The number of carbonyl (C=O) groups is 1. The third kappa shape index (κ3) is 4.81. The molecule has 0 aliphatic carbocycles. The zero-order valence-electron chi connectivity index (χ0n) is 14.9. The van der Waals surface area contributed by atoms with E-state index in [9.17, 15) is 18.0 Å². The van der Waals surface area contributed by atoms with Crippen LogP contribution in [0.15, 0.2) is 48.5 Å². The molecule has 0 bridgehead atoms. The molecule has 0 unspecified atom stereocenters. The zero-order valence-corrected chi connectivity index (χ0v) is 14.9. The van der Waals surface area contributed by atoms with Crippen molar-refractivity contribution in [1.82, 2.24) is 4.90 Å². The summed E-state index contributed by atoms with van der Waals surface area (Å²) in [7, 11) is 0. The first-order valence-corrected chi connectivity index (χ1v) is 8.75. The molecule has 3 rings (SSSR count). The molecule has 0 saturated carbocycles. The van der Waals surface area contributed by atoms with Crippen molar-refractivity contribution in [2.24, 2.45) is 0 Å². The summed E-state index contributed by atoms with van der Waals surface area (Å²) in [5.74, 6) is -1.54. The summed E-state index contributed by atoms with van der Waals surface area (Å²) in [6.45, 7) is 1.10. The SMILES string of the molecule is O=C(O)c1cccc(CN2CCC(F)(c3ccccc3OC(F)(F)F)CC2)c1. The molecule has 2 aromatic carbocycles. The van der Waals surface area contributed by atoms with Crippen LogP contribution in [0.3, 0.4) is 0 Å². The van der Waals surface area contributed by atoms with E-state index in [4.69, 9.17) is 5.11 Å². The quantitative estimate of drug-likeness (QED) is 0.741. The van der Waals surface area contributed by atoms with Crippen LogP contribution in [0.1, 0.15) is 34.3 Å². The van der Waals surface area contributed by atoms with Gasteiger partial charge in [-0.15, -0.1) is 13.2 Å². The molecule has 150 valence electrons. The molecule has 1 saturated heterocycles. The fourth-order valence-corrected chi connectivity index (χ4v) is 3.45. The number of carboxylic acid groups (broad SMARTS) is 1. The van der Waals surface area contributed by atoms with E-state index in [2.05, 4.69) is 4.74 Å². The predicted octanol–water partition coefficient (Wildman–Crippen LogP) is 4.74. The normalized spacial score (nSPS) is 17.3. The van der Waals surface area contributed by atoms with Crippen molar-refractivity contribution in [3.63, 3.8) is 0 Å². The average molecular weight is 397 g/mol. The lowest BCUT2D eigenvalue weighted by Gasteiger charge is -2.37. The van der Waals surface area contributed by atoms with E-state index in [1.807, 2.05) is 4.90 Å². The van der Waals surface area contributed by atoms with Crippen LogP contribution in [0, 0.1) is 0 Å². The van der Waals surface area contributed by atoms with Gasteiger partial charge < -0.3 is 9.84 Å². The first-order chi connectivity index (χ1) is 13.2. The summed E-state index contributed by atoms with van der Waals surface area (Å²) < 4.78 is 57.3. The highest BCUT2D eigenvalue weighted by molar-refractivity contribution is 5.87. The van der Waals surface area contributed by atoms with Gasteiger partial charge in [0.2, 0.25) is 0 Å². The van der Waals surface area contributed by atoms with Crippen LogP contribution in [-0.2, 0) is 12.2 Å². The Morgan fingerprint density at radius 1 is 1.11 bits per heavy atom. The molecule has 0 spiro atoms. The van der Waals surface area contributed by atoms with Gasteiger partial charge in [0.05, 0.1) is 5.56 Å². The molecule has 1 aliphatic rings. The Labute approximate surface area is 159 Å². The van der Waals surface area contributed by atoms with Crippen LogP contribution in [-0.4, -0.2) is 35.4 Å². The van der Waals surface area contributed by atoms with Crippen LogP contribution in [0.5, 0.6) is 5.75 Å². The molecule has 8 heteroatoms. The van der Waals surface area contributed by atoms with Crippen molar-refractivity contribution in [3.8, 4) is 5.75 Å². The molecule has 0 atom stereocenters. The highest BCUT2D eigenvalue weighted by atomic mass is 19.4. The van der Waals surface area contributed by atoms with Crippen LogP contribution < -0.4 is 4.74 Å². The van der Waals surface area contributed by atoms with Crippen molar-refractivity contribution >= 4 is 5.97 Å². The topological polar surface area (TPSA) is 49.8 Å². The number of aromatic carboxylic acids is 1. The second-order valence-electron chi connectivity index (χ2n) is 6.79. The summed E-state index contributed by atoms with van der Waals surface area (Å²) >= 11 is 0. The van der Waals surface area contributed by atoms with Gasteiger partial charge in [0.1, 0.15) is 11.4 Å². The Bertz CT molecular complexity index is 845. The lowest BCUT2D eigenvalue weighted by Crippen LogP contribution is -2.40. The number of benzene rings is 2. The molecule has 4 nitrogen and oxygen atoms in total. The van der Waals surface area contributed by atoms with E-state index < -0.39 is 23.7 Å². The predicted molar refractivity (Wildman–Crippen MR) is 93.8 cm³/mol. The lowest BCUT2D eigenvalue weighted by atomic mass is 9.85. The van der Waals surface area contributed by atoms with E-state index in [-0.39, 0.29) is 24.0 Å². The molecule has 0 radical (unpaired) electrons. The zero-order chi connectivity index (χ0) is 20.4. The van der Waals surface area contributed by atoms with Gasteiger partial charge in [0.25, 0.3) is 0 Å². The molecule has 0 amide bonds. The monoisotopic (exact) mass is 397 g/mol. The van der Waals surface area contributed by atoms with Crippen molar-refractivity contribution in [2.45, 2.75) is 31.4 Å². The number of carboxylic acids is 1. The number of ether oxygens (including phenoxy) is 1. The Morgan fingerprint density at radius 3 is 2.43 bits per heavy atom. The average Bonchev–Trinajstić information content (AvgIpc) is 2.63. The molecule has 1 heterocycles. The summed E-state index contributed by atoms with van der Waals surface area (Å²) in [5, 5.41) is 9.06. The third-order valence-corrected chi connectivity index (χ3v) is 4.82. The number of halogens is 4. The summed E-state index contributed by atoms with van der Waals surface area (Å²) in [4.78, 5) is 13.0. The van der Waals surface area contributed by atoms with Gasteiger partial charge >= 0.3 is 12.3 Å². The highest BCUT2D eigenvalue weighted by Gasteiger charge is 2.41. The molecule has 2 aromatic rings. The molecule has 1 fully saturated rings. The van der Waals surface area contributed by atoms with Crippen molar-refractivity contribution in [2.75, 3.05) is 13.1 Å². The number of hydrogen-bond acceptors (Lipinski definition) is 3. The second kappa shape index (κ2) is 7.79. The molecular formula is C20H19F4NO3. The standard InChI is InChI=1S/C20H19F4NO3/c21-19(16-6-1-2-7-17(16)28-20(22,23)24)8-10-25(11-9-19)13-14-4-3-5-15(12-14)18(26)27/h1-7,12H,8-11,13H2,(H,26,27). The molecule has 0 aromatic heterocycles. The maximum atomic E-state index is 15.5. The fraction of sp³-hybridized carbons (Fsp3) is 0.350. The van der Waals surface area contributed by atoms with Gasteiger partial charge in [-0.25, -0.2) is 9.18 Å². The Kier molecular flexibility index (Phi) is 5.60. The van der Waals surface area contributed by atoms with Crippen LogP contribution in [0.25, 0.3) is 0 Å². The minimum absolute atomic E-state index is 0.0177. The first kappa shape index (κ1) is 20.1. The fourth-order valence-electron chi connectivity index (χ4n) is 3.45. The van der Waals surface area contributed by atoms with Gasteiger partial charge in [-0.2, -0.15) is 0 Å². The Balaban J connectivity index is 1.69. The van der Waals surface area contributed by atoms with Crippen LogP contribution in [0.2, 0.25) is 0 Å². The number of likely N-dealkylation sites (tertiary alicyclic amines) is 1.